The van der Waals surface area contributed by atoms with E-state index in [-0.39, 0.29) is 22.9 Å². The van der Waals surface area contributed by atoms with Crippen LogP contribution >= 0.6 is 0 Å². The smallest absolute Gasteiger partial charge is 0.233 e. The number of nitrogens with zero attached hydrogens (tertiary/aromatic N) is 4. The number of rotatable bonds is 6. The number of pyridine rings is 1. The van der Waals surface area contributed by atoms with Crippen LogP contribution in [0.1, 0.15) is 36.5 Å². The van der Waals surface area contributed by atoms with E-state index >= 15 is 0 Å². The van der Waals surface area contributed by atoms with Gasteiger partial charge in [0.15, 0.2) is 11.6 Å². The Labute approximate surface area is 175 Å². The second-order valence-electron chi connectivity index (χ2n) is 6.98. The average Bonchev–Trinajstić information content (AvgIpc) is 2.73. The van der Waals surface area contributed by atoms with E-state index in [1.54, 1.807) is 13.0 Å². The molecular weight excluding hydrogens is 402 g/mol. The number of ether oxygens (including phenoxy) is 1. The molecule has 0 radical (unpaired) electrons. The van der Waals surface area contributed by atoms with E-state index in [4.69, 9.17) is 4.74 Å². The van der Waals surface area contributed by atoms with Gasteiger partial charge >= 0.3 is 0 Å². The zero-order valence-electron chi connectivity index (χ0n) is 16.5. The number of sulfonamides is 1. The van der Waals surface area contributed by atoms with Crippen LogP contribution in [0.2, 0.25) is 0 Å². The van der Waals surface area contributed by atoms with Crippen LogP contribution in [-0.2, 0) is 10.0 Å². The molecule has 0 bridgehead atoms. The highest BCUT2D eigenvalue weighted by atomic mass is 32.2. The van der Waals surface area contributed by atoms with Crippen LogP contribution in [0, 0.1) is 11.3 Å². The minimum Gasteiger partial charge on any atom is -0.456 e. The van der Waals surface area contributed by atoms with E-state index in [9.17, 15) is 13.7 Å². The molecule has 0 fully saturated rings. The lowest BCUT2D eigenvalue weighted by Gasteiger charge is -2.30. The van der Waals surface area contributed by atoms with E-state index in [0.29, 0.717) is 12.2 Å². The van der Waals surface area contributed by atoms with Gasteiger partial charge in [-0.3, -0.25) is 9.71 Å². The number of anilines is 1. The maximum Gasteiger partial charge on any atom is 0.233 e. The molecule has 0 amide bonds. The number of aromatic nitrogens is 1. The molecule has 30 heavy (non-hydrogen) atoms. The molecule has 0 saturated carbocycles. The Bertz CT molecular complexity index is 1180. The number of hydrogen-bond acceptors (Lipinski definition) is 7. The Morgan fingerprint density at radius 2 is 2.20 bits per heavy atom. The van der Waals surface area contributed by atoms with Crippen molar-refractivity contribution in [3.63, 3.8) is 0 Å². The predicted molar refractivity (Wildman–Crippen MR) is 115 cm³/mol. The SMILES string of the molecule is CCCS(=O)(=O)Nc1nccc(Oc2ccc3c(c2)C2=NCCCN2C=C3)c1C#N. The van der Waals surface area contributed by atoms with Gasteiger partial charge in [-0.25, -0.2) is 13.4 Å². The third-order valence-corrected chi connectivity index (χ3v) is 6.22. The van der Waals surface area contributed by atoms with Crippen LogP contribution in [-0.4, -0.2) is 43.0 Å². The molecule has 0 unspecified atom stereocenters. The molecule has 3 heterocycles. The molecule has 2 aromatic rings. The molecule has 2 aliphatic heterocycles. The molecule has 0 saturated heterocycles. The first-order valence-electron chi connectivity index (χ1n) is 9.72. The summed E-state index contributed by atoms with van der Waals surface area (Å²) in [6.07, 6.45) is 6.95. The number of aliphatic imine (C=N–C) groups is 1. The standard InChI is InChI=1S/C21H21N5O3S/c1-2-12-30(27,28)25-20-18(14-22)19(6-9-23-20)29-16-5-4-15-7-11-26-10-3-8-24-21(26)17(15)13-16/h4-7,9,11,13H,2-3,8,10,12H2,1H3,(H,23,25). The van der Waals surface area contributed by atoms with Crippen LogP contribution in [0.5, 0.6) is 11.5 Å². The van der Waals surface area contributed by atoms with Crippen LogP contribution in [0.25, 0.3) is 6.08 Å². The van der Waals surface area contributed by atoms with Crippen molar-refractivity contribution in [2.75, 3.05) is 23.6 Å². The summed E-state index contributed by atoms with van der Waals surface area (Å²) in [6.45, 7) is 3.47. The van der Waals surface area contributed by atoms with Gasteiger partial charge in [-0.15, -0.1) is 0 Å². The van der Waals surface area contributed by atoms with Crippen LogP contribution in [0.15, 0.2) is 41.7 Å². The van der Waals surface area contributed by atoms with Crippen molar-refractivity contribution in [2.45, 2.75) is 19.8 Å². The normalized spacial score (nSPS) is 14.9. The molecule has 9 heteroatoms. The topological polar surface area (TPSA) is 108 Å². The summed E-state index contributed by atoms with van der Waals surface area (Å²) in [4.78, 5) is 10.8. The summed E-state index contributed by atoms with van der Waals surface area (Å²) >= 11 is 0. The molecule has 1 aromatic carbocycles. The Morgan fingerprint density at radius 1 is 1.33 bits per heavy atom. The van der Waals surface area contributed by atoms with E-state index in [0.717, 1.165) is 36.5 Å². The largest absolute Gasteiger partial charge is 0.456 e. The van der Waals surface area contributed by atoms with E-state index in [1.165, 1.54) is 6.20 Å². The van der Waals surface area contributed by atoms with Crippen molar-refractivity contribution < 1.29 is 13.2 Å². The molecule has 0 aliphatic carbocycles. The summed E-state index contributed by atoms with van der Waals surface area (Å²) in [6, 6.07) is 9.18. The lowest BCUT2D eigenvalue weighted by molar-refractivity contribution is 0.479. The van der Waals surface area contributed by atoms with Crippen LogP contribution < -0.4 is 9.46 Å². The van der Waals surface area contributed by atoms with Crippen molar-refractivity contribution in [1.82, 2.24) is 9.88 Å². The number of fused-ring (bicyclic) bond motifs is 3. The van der Waals surface area contributed by atoms with Gasteiger partial charge in [-0.2, -0.15) is 5.26 Å². The second-order valence-corrected chi connectivity index (χ2v) is 8.83. The van der Waals surface area contributed by atoms with Gasteiger partial charge in [-0.05, 0) is 36.6 Å². The molecule has 4 rings (SSSR count). The van der Waals surface area contributed by atoms with Crippen molar-refractivity contribution in [3.8, 4) is 17.6 Å². The summed E-state index contributed by atoms with van der Waals surface area (Å²) in [7, 11) is -3.58. The summed E-state index contributed by atoms with van der Waals surface area (Å²) in [5.41, 5.74) is 2.04. The third kappa shape index (κ3) is 4.00. The molecule has 1 aromatic heterocycles. The highest BCUT2D eigenvalue weighted by molar-refractivity contribution is 7.92. The molecular formula is C21H21N5O3S. The van der Waals surface area contributed by atoms with E-state index in [1.807, 2.05) is 36.5 Å². The number of benzene rings is 1. The number of nitrogens with one attached hydrogen (secondary N) is 1. The molecule has 8 nitrogen and oxygen atoms in total. The molecule has 0 atom stereocenters. The summed E-state index contributed by atoms with van der Waals surface area (Å²) in [5, 5.41) is 9.61. The van der Waals surface area contributed by atoms with Gasteiger partial charge in [0.2, 0.25) is 10.0 Å². The molecule has 0 spiro atoms. The Balaban J connectivity index is 1.66. The van der Waals surface area contributed by atoms with Crippen LogP contribution in [0.3, 0.4) is 0 Å². The Kier molecular flexibility index (Phi) is 5.42. The zero-order valence-corrected chi connectivity index (χ0v) is 17.3. The molecule has 2 aliphatic rings. The fraction of sp³-hybridized carbons (Fsp3) is 0.286. The van der Waals surface area contributed by atoms with Gasteiger partial charge in [0, 0.05) is 37.1 Å². The number of hydrogen-bond donors (Lipinski definition) is 1. The monoisotopic (exact) mass is 423 g/mol. The summed E-state index contributed by atoms with van der Waals surface area (Å²) < 4.78 is 32.6. The van der Waals surface area contributed by atoms with E-state index < -0.39 is 10.0 Å². The van der Waals surface area contributed by atoms with Crippen molar-refractivity contribution >= 4 is 27.8 Å². The fourth-order valence-corrected chi connectivity index (χ4v) is 4.51. The quantitative estimate of drug-likeness (QED) is 0.764. The number of nitriles is 1. The molecule has 154 valence electrons. The van der Waals surface area contributed by atoms with Gasteiger partial charge in [0.1, 0.15) is 23.2 Å². The highest BCUT2D eigenvalue weighted by Gasteiger charge is 2.22. The average molecular weight is 423 g/mol. The maximum atomic E-state index is 12.1. The Hall–Kier alpha value is -3.38. The maximum absolute atomic E-state index is 12.1. The predicted octanol–water partition coefficient (Wildman–Crippen LogP) is 3.33. The lowest BCUT2D eigenvalue weighted by atomic mass is 10.0. The Morgan fingerprint density at radius 3 is 3.00 bits per heavy atom. The van der Waals surface area contributed by atoms with Gasteiger partial charge < -0.3 is 9.64 Å². The minimum absolute atomic E-state index is 0.0337. The minimum atomic E-state index is -3.58. The van der Waals surface area contributed by atoms with Gasteiger partial charge in [0.05, 0.1) is 5.75 Å². The van der Waals surface area contributed by atoms with Crippen molar-refractivity contribution in [3.05, 3.63) is 53.4 Å². The lowest BCUT2D eigenvalue weighted by Crippen LogP contribution is -2.34. The first-order valence-corrected chi connectivity index (χ1v) is 11.4. The van der Waals surface area contributed by atoms with Crippen molar-refractivity contribution in [1.29, 1.82) is 5.26 Å². The summed E-state index contributed by atoms with van der Waals surface area (Å²) in [5.74, 6) is 1.58. The van der Waals surface area contributed by atoms with Crippen molar-refractivity contribution in [2.24, 2.45) is 4.99 Å². The zero-order chi connectivity index (χ0) is 21.1. The van der Waals surface area contributed by atoms with E-state index in [2.05, 4.69) is 19.6 Å². The first-order chi connectivity index (χ1) is 14.5. The van der Waals surface area contributed by atoms with Gasteiger partial charge in [-0.1, -0.05) is 13.0 Å². The fourth-order valence-electron chi connectivity index (χ4n) is 3.42. The first kappa shape index (κ1) is 19.9. The van der Waals surface area contributed by atoms with Gasteiger partial charge in [0.25, 0.3) is 0 Å². The third-order valence-electron chi connectivity index (χ3n) is 4.77. The molecule has 1 N–H and O–H groups in total. The van der Waals surface area contributed by atoms with Crippen LogP contribution in [0.4, 0.5) is 5.82 Å². The number of amidine groups is 1. The second kappa shape index (κ2) is 8.16. The highest BCUT2D eigenvalue weighted by Crippen LogP contribution is 2.32.